The van der Waals surface area contributed by atoms with Gasteiger partial charge in [0.2, 0.25) is 5.91 Å². The minimum Gasteiger partial charge on any atom is -0.480 e. The Balaban J connectivity index is 4.12. The highest BCUT2D eigenvalue weighted by Gasteiger charge is 2.24. The van der Waals surface area contributed by atoms with Crippen molar-refractivity contribution in [2.75, 3.05) is 0 Å². The molecule has 0 fully saturated rings. The van der Waals surface area contributed by atoms with Crippen LogP contribution in [0.25, 0.3) is 0 Å². The second kappa shape index (κ2) is 3.90. The van der Waals surface area contributed by atoms with E-state index in [1.807, 2.05) is 5.32 Å². The summed E-state index contributed by atoms with van der Waals surface area (Å²) in [4.78, 5) is 20.5. The van der Waals surface area contributed by atoms with Gasteiger partial charge in [0.1, 0.15) is 6.17 Å². The molecule has 0 aromatic carbocycles. The third-order valence-corrected chi connectivity index (χ3v) is 1.08. The van der Waals surface area contributed by atoms with Crippen molar-refractivity contribution in [1.29, 1.82) is 0 Å². The van der Waals surface area contributed by atoms with Crippen LogP contribution in [-0.4, -0.2) is 29.2 Å². The standard InChI is InChI=1S/C6H10FNO3/c1-3(7)5(6(10)11)8-4(2)9/h3,5H,1-2H3,(H,8,9)(H,10,11)/t3-,5+/m1/s1. The number of carbonyl (C=O) groups excluding carboxylic acids is 1. The Morgan fingerprint density at radius 1 is 1.55 bits per heavy atom. The maximum atomic E-state index is 12.4. The summed E-state index contributed by atoms with van der Waals surface area (Å²) < 4.78 is 12.4. The molecule has 2 atom stereocenters. The van der Waals surface area contributed by atoms with Gasteiger partial charge in [-0.1, -0.05) is 0 Å². The maximum Gasteiger partial charge on any atom is 0.329 e. The SMILES string of the molecule is CC(=O)N[C@H](C(=O)O)[C@@H](C)F. The average Bonchev–Trinajstić information content (AvgIpc) is 1.81. The summed E-state index contributed by atoms with van der Waals surface area (Å²) >= 11 is 0. The molecule has 0 spiro atoms. The van der Waals surface area contributed by atoms with E-state index in [1.165, 1.54) is 0 Å². The quantitative estimate of drug-likeness (QED) is 0.612. The molecule has 0 aliphatic carbocycles. The topological polar surface area (TPSA) is 66.4 Å². The van der Waals surface area contributed by atoms with Crippen molar-refractivity contribution < 1.29 is 19.1 Å². The molecule has 0 unspecified atom stereocenters. The first-order valence-electron chi connectivity index (χ1n) is 3.09. The molecule has 0 rings (SSSR count). The number of halogens is 1. The zero-order valence-electron chi connectivity index (χ0n) is 6.30. The van der Waals surface area contributed by atoms with Gasteiger partial charge in [0.15, 0.2) is 6.04 Å². The van der Waals surface area contributed by atoms with E-state index in [9.17, 15) is 14.0 Å². The summed E-state index contributed by atoms with van der Waals surface area (Å²) in [5, 5.41) is 10.3. The summed E-state index contributed by atoms with van der Waals surface area (Å²) in [7, 11) is 0. The highest BCUT2D eigenvalue weighted by molar-refractivity contribution is 5.82. The van der Waals surface area contributed by atoms with Gasteiger partial charge < -0.3 is 10.4 Å². The number of carbonyl (C=O) groups is 2. The molecule has 64 valence electrons. The number of rotatable bonds is 3. The van der Waals surface area contributed by atoms with E-state index < -0.39 is 24.1 Å². The fourth-order valence-electron chi connectivity index (χ4n) is 0.592. The van der Waals surface area contributed by atoms with E-state index in [1.54, 1.807) is 0 Å². The molecule has 0 saturated carbocycles. The van der Waals surface area contributed by atoms with Crippen molar-refractivity contribution in [1.82, 2.24) is 5.32 Å². The first-order chi connectivity index (χ1) is 4.95. The van der Waals surface area contributed by atoms with Gasteiger partial charge in [0.05, 0.1) is 0 Å². The fraction of sp³-hybridized carbons (Fsp3) is 0.667. The Bertz CT molecular complexity index is 169. The largest absolute Gasteiger partial charge is 0.480 e. The summed E-state index contributed by atoms with van der Waals surface area (Å²) in [6.07, 6.45) is -1.59. The number of alkyl halides is 1. The molecule has 0 radical (unpaired) electrons. The Morgan fingerprint density at radius 3 is 2.09 bits per heavy atom. The van der Waals surface area contributed by atoms with E-state index in [2.05, 4.69) is 0 Å². The minimum atomic E-state index is -1.59. The Hall–Kier alpha value is -1.13. The van der Waals surface area contributed by atoms with E-state index in [0.29, 0.717) is 0 Å². The molecule has 4 nitrogen and oxygen atoms in total. The first kappa shape index (κ1) is 9.87. The van der Waals surface area contributed by atoms with Gasteiger partial charge in [-0.25, -0.2) is 9.18 Å². The van der Waals surface area contributed by atoms with Gasteiger partial charge in [0.25, 0.3) is 0 Å². The van der Waals surface area contributed by atoms with Crippen molar-refractivity contribution in [2.24, 2.45) is 0 Å². The lowest BCUT2D eigenvalue weighted by atomic mass is 10.2. The second-order valence-electron chi connectivity index (χ2n) is 2.19. The lowest BCUT2D eigenvalue weighted by Gasteiger charge is -2.13. The van der Waals surface area contributed by atoms with Gasteiger partial charge in [-0.2, -0.15) is 0 Å². The van der Waals surface area contributed by atoms with Crippen LogP contribution in [0.5, 0.6) is 0 Å². The van der Waals surface area contributed by atoms with Crippen molar-refractivity contribution in [2.45, 2.75) is 26.1 Å². The van der Waals surface area contributed by atoms with Crippen molar-refractivity contribution in [3.8, 4) is 0 Å². The average molecular weight is 163 g/mol. The number of hydrogen-bond donors (Lipinski definition) is 2. The van der Waals surface area contributed by atoms with Crippen LogP contribution in [0, 0.1) is 0 Å². The van der Waals surface area contributed by atoms with Gasteiger partial charge in [0, 0.05) is 6.92 Å². The molecule has 1 amide bonds. The normalized spacial score (nSPS) is 15.2. The minimum absolute atomic E-state index is 0.554. The predicted molar refractivity (Wildman–Crippen MR) is 35.8 cm³/mol. The number of nitrogens with one attached hydrogen (secondary N) is 1. The molecule has 0 aliphatic heterocycles. The van der Waals surface area contributed by atoms with Crippen LogP contribution in [0.3, 0.4) is 0 Å². The Morgan fingerprint density at radius 2 is 2.00 bits per heavy atom. The van der Waals surface area contributed by atoms with Crippen molar-refractivity contribution in [3.05, 3.63) is 0 Å². The van der Waals surface area contributed by atoms with Crippen LogP contribution < -0.4 is 5.32 Å². The molecular formula is C6H10FNO3. The van der Waals surface area contributed by atoms with Crippen LogP contribution >= 0.6 is 0 Å². The predicted octanol–water partition coefficient (Wildman–Crippen LogP) is -0.0663. The third-order valence-electron chi connectivity index (χ3n) is 1.08. The van der Waals surface area contributed by atoms with Crippen LogP contribution in [0.4, 0.5) is 4.39 Å². The van der Waals surface area contributed by atoms with E-state index in [4.69, 9.17) is 5.11 Å². The van der Waals surface area contributed by atoms with Crippen molar-refractivity contribution in [3.63, 3.8) is 0 Å². The lowest BCUT2D eigenvalue weighted by Crippen LogP contribution is -2.45. The second-order valence-corrected chi connectivity index (χ2v) is 2.19. The summed E-state index contributed by atoms with van der Waals surface area (Å²) in [6.45, 7) is 2.22. The van der Waals surface area contributed by atoms with Crippen LogP contribution in [0.1, 0.15) is 13.8 Å². The number of aliphatic carboxylic acids is 1. The maximum absolute atomic E-state index is 12.4. The monoisotopic (exact) mass is 163 g/mol. The first-order valence-corrected chi connectivity index (χ1v) is 3.09. The molecule has 0 bridgehead atoms. The zero-order valence-corrected chi connectivity index (χ0v) is 6.30. The molecule has 0 aromatic heterocycles. The summed E-state index contributed by atoms with van der Waals surface area (Å²) in [5.74, 6) is -1.92. The van der Waals surface area contributed by atoms with Gasteiger partial charge >= 0.3 is 5.97 Å². The number of carboxylic acids is 1. The molecule has 0 aromatic rings. The molecule has 0 aliphatic rings. The third kappa shape index (κ3) is 3.54. The highest BCUT2D eigenvalue weighted by Crippen LogP contribution is 1.97. The summed E-state index contributed by atoms with van der Waals surface area (Å²) in [6, 6.07) is -1.44. The van der Waals surface area contributed by atoms with Crippen LogP contribution in [-0.2, 0) is 9.59 Å². The van der Waals surface area contributed by atoms with Gasteiger partial charge in [-0.3, -0.25) is 4.79 Å². The van der Waals surface area contributed by atoms with Gasteiger partial charge in [-0.05, 0) is 6.92 Å². The smallest absolute Gasteiger partial charge is 0.329 e. The molecule has 0 heterocycles. The molecule has 5 heteroatoms. The fourth-order valence-corrected chi connectivity index (χ4v) is 0.592. The molecular weight excluding hydrogens is 153 g/mol. The number of amides is 1. The molecule has 2 N–H and O–H groups in total. The lowest BCUT2D eigenvalue weighted by molar-refractivity contribution is -0.143. The molecule has 0 saturated heterocycles. The zero-order chi connectivity index (χ0) is 9.02. The van der Waals surface area contributed by atoms with Crippen LogP contribution in [0.2, 0.25) is 0 Å². The van der Waals surface area contributed by atoms with Crippen LogP contribution in [0.15, 0.2) is 0 Å². The number of carboxylic acid groups (broad SMARTS) is 1. The Labute approximate surface area is 63.4 Å². The van der Waals surface area contributed by atoms with Gasteiger partial charge in [-0.15, -0.1) is 0 Å². The highest BCUT2D eigenvalue weighted by atomic mass is 19.1. The number of hydrogen-bond acceptors (Lipinski definition) is 2. The van der Waals surface area contributed by atoms with Crippen molar-refractivity contribution >= 4 is 11.9 Å². The van der Waals surface area contributed by atoms with E-state index in [0.717, 1.165) is 13.8 Å². The Kier molecular flexibility index (Phi) is 3.50. The van der Waals surface area contributed by atoms with E-state index in [-0.39, 0.29) is 0 Å². The summed E-state index contributed by atoms with van der Waals surface area (Å²) in [5.41, 5.74) is 0. The van der Waals surface area contributed by atoms with E-state index >= 15 is 0 Å². The molecule has 11 heavy (non-hydrogen) atoms.